The maximum atomic E-state index is 11.3. The standard InChI is InChI=1S/C22H24N2O3S/c1-2-3-14-21(26-18-11-7-10-17(15-18)24(28)22(23)25)27-20-13-6-9-16-8-4-5-12-19(16)20/h4-13,15,21,28H,2-3,14H2,1H3,(H2,23,25). The van der Waals surface area contributed by atoms with Crippen molar-refractivity contribution < 1.29 is 14.3 Å². The van der Waals surface area contributed by atoms with Crippen LogP contribution in [0.15, 0.2) is 66.7 Å². The molecule has 5 nitrogen and oxygen atoms in total. The fourth-order valence-corrected chi connectivity index (χ4v) is 3.04. The van der Waals surface area contributed by atoms with Gasteiger partial charge in [-0.25, -0.2) is 9.10 Å². The Morgan fingerprint density at radius 1 is 1.07 bits per heavy atom. The highest BCUT2D eigenvalue weighted by Crippen LogP contribution is 2.29. The molecule has 2 amide bonds. The van der Waals surface area contributed by atoms with Crippen LogP contribution >= 0.6 is 12.8 Å². The first-order chi connectivity index (χ1) is 13.6. The SMILES string of the molecule is CCCCC(Oc1cccc(N(S)C(N)=O)c1)Oc1cccc2ccccc12. The number of urea groups is 1. The molecule has 3 aromatic rings. The van der Waals surface area contributed by atoms with Crippen LogP contribution in [0.2, 0.25) is 0 Å². The third-order valence-electron chi connectivity index (χ3n) is 4.34. The van der Waals surface area contributed by atoms with Crippen LogP contribution in [0.5, 0.6) is 11.5 Å². The van der Waals surface area contributed by atoms with Crippen molar-refractivity contribution in [2.45, 2.75) is 32.5 Å². The highest BCUT2D eigenvalue weighted by Gasteiger charge is 2.15. The minimum atomic E-state index is -0.657. The zero-order valence-electron chi connectivity index (χ0n) is 15.7. The molecule has 0 heterocycles. The predicted molar refractivity (Wildman–Crippen MR) is 116 cm³/mol. The highest BCUT2D eigenvalue weighted by atomic mass is 32.1. The Morgan fingerprint density at radius 3 is 2.61 bits per heavy atom. The minimum absolute atomic E-state index is 0.456. The maximum Gasteiger partial charge on any atom is 0.329 e. The van der Waals surface area contributed by atoms with E-state index in [9.17, 15) is 4.79 Å². The molecule has 0 radical (unpaired) electrons. The number of unbranched alkanes of at least 4 members (excludes halogenated alkanes) is 1. The lowest BCUT2D eigenvalue weighted by Crippen LogP contribution is -2.27. The molecule has 0 saturated carbocycles. The first-order valence-electron chi connectivity index (χ1n) is 9.28. The summed E-state index contributed by atoms with van der Waals surface area (Å²) in [4.78, 5) is 11.3. The fraction of sp³-hybridized carbons (Fsp3) is 0.227. The molecule has 2 N–H and O–H groups in total. The maximum absolute atomic E-state index is 11.3. The number of primary amides is 1. The van der Waals surface area contributed by atoms with Gasteiger partial charge in [0.1, 0.15) is 11.5 Å². The number of amides is 2. The van der Waals surface area contributed by atoms with Crippen LogP contribution in [0, 0.1) is 0 Å². The Balaban J connectivity index is 1.83. The molecule has 3 rings (SSSR count). The Labute approximate surface area is 170 Å². The predicted octanol–water partition coefficient (Wildman–Crippen LogP) is 5.54. The third kappa shape index (κ3) is 4.89. The summed E-state index contributed by atoms with van der Waals surface area (Å²) in [5.41, 5.74) is 5.82. The summed E-state index contributed by atoms with van der Waals surface area (Å²) in [5.74, 6) is 1.36. The Hall–Kier alpha value is -2.86. The van der Waals surface area contributed by atoms with Crippen LogP contribution in [-0.4, -0.2) is 12.3 Å². The van der Waals surface area contributed by atoms with Crippen LogP contribution in [-0.2, 0) is 0 Å². The molecule has 0 spiro atoms. The summed E-state index contributed by atoms with van der Waals surface area (Å²) in [7, 11) is 0. The number of hydrogen-bond acceptors (Lipinski definition) is 4. The molecule has 6 heteroatoms. The molecular weight excluding hydrogens is 372 g/mol. The van der Waals surface area contributed by atoms with Crippen molar-refractivity contribution in [3.05, 3.63) is 66.7 Å². The van der Waals surface area contributed by atoms with E-state index in [0.29, 0.717) is 11.4 Å². The molecule has 0 aromatic heterocycles. The summed E-state index contributed by atoms with van der Waals surface area (Å²) < 4.78 is 13.4. The number of anilines is 1. The molecule has 1 unspecified atom stereocenters. The first-order valence-corrected chi connectivity index (χ1v) is 9.68. The molecule has 0 aliphatic heterocycles. The number of benzene rings is 3. The van der Waals surface area contributed by atoms with Crippen molar-refractivity contribution in [1.29, 1.82) is 0 Å². The Bertz CT molecular complexity index is 942. The van der Waals surface area contributed by atoms with E-state index in [0.717, 1.165) is 40.1 Å². The summed E-state index contributed by atoms with van der Waals surface area (Å²) in [5, 5.41) is 2.16. The molecule has 0 bridgehead atoms. The molecule has 28 heavy (non-hydrogen) atoms. The first kappa shape index (κ1) is 19.9. The van der Waals surface area contributed by atoms with Gasteiger partial charge in [0, 0.05) is 17.9 Å². The molecule has 3 aromatic carbocycles. The topological polar surface area (TPSA) is 64.8 Å². The van der Waals surface area contributed by atoms with Crippen molar-refractivity contribution in [3.8, 4) is 11.5 Å². The summed E-state index contributed by atoms with van der Waals surface area (Å²) in [6, 6.07) is 20.4. The Morgan fingerprint density at radius 2 is 1.82 bits per heavy atom. The van der Waals surface area contributed by atoms with Crippen molar-refractivity contribution in [1.82, 2.24) is 0 Å². The van der Waals surface area contributed by atoms with Gasteiger partial charge in [0.2, 0.25) is 6.29 Å². The van der Waals surface area contributed by atoms with E-state index in [1.54, 1.807) is 18.2 Å². The summed E-state index contributed by atoms with van der Waals surface area (Å²) >= 11 is 4.10. The number of nitrogens with two attached hydrogens (primary N) is 1. The van der Waals surface area contributed by atoms with E-state index in [4.69, 9.17) is 15.2 Å². The van der Waals surface area contributed by atoms with E-state index in [2.05, 4.69) is 31.9 Å². The van der Waals surface area contributed by atoms with E-state index >= 15 is 0 Å². The molecule has 0 saturated heterocycles. The molecule has 0 aliphatic rings. The lowest BCUT2D eigenvalue weighted by atomic mass is 10.1. The minimum Gasteiger partial charge on any atom is -0.455 e. The van der Waals surface area contributed by atoms with E-state index in [-0.39, 0.29) is 0 Å². The zero-order valence-corrected chi connectivity index (χ0v) is 16.6. The van der Waals surface area contributed by atoms with Gasteiger partial charge in [-0.15, -0.1) is 0 Å². The number of ether oxygens (including phenoxy) is 2. The summed E-state index contributed by atoms with van der Waals surface area (Å²) in [6.45, 7) is 2.13. The molecular formula is C22H24N2O3S. The zero-order chi connectivity index (χ0) is 19.9. The van der Waals surface area contributed by atoms with Crippen LogP contribution in [0.1, 0.15) is 26.2 Å². The second-order valence-corrected chi connectivity index (χ2v) is 6.83. The van der Waals surface area contributed by atoms with Gasteiger partial charge in [-0.3, -0.25) is 0 Å². The van der Waals surface area contributed by atoms with Crippen LogP contribution in [0.4, 0.5) is 10.5 Å². The Kier molecular flexibility index (Phi) is 6.66. The number of hydrogen-bond donors (Lipinski definition) is 2. The van der Waals surface area contributed by atoms with Gasteiger partial charge in [0.05, 0.1) is 5.69 Å². The van der Waals surface area contributed by atoms with E-state index in [1.165, 1.54) is 0 Å². The molecule has 146 valence electrons. The van der Waals surface area contributed by atoms with Gasteiger partial charge in [-0.05, 0) is 30.0 Å². The van der Waals surface area contributed by atoms with Crippen molar-refractivity contribution in [2.75, 3.05) is 4.31 Å². The largest absolute Gasteiger partial charge is 0.455 e. The van der Waals surface area contributed by atoms with Gasteiger partial charge < -0.3 is 15.2 Å². The van der Waals surface area contributed by atoms with Gasteiger partial charge in [0.25, 0.3) is 0 Å². The normalized spacial score (nSPS) is 11.8. The monoisotopic (exact) mass is 396 g/mol. The van der Waals surface area contributed by atoms with Gasteiger partial charge >= 0.3 is 6.03 Å². The molecule has 0 aliphatic carbocycles. The van der Waals surface area contributed by atoms with Gasteiger partial charge in [0.15, 0.2) is 0 Å². The lowest BCUT2D eigenvalue weighted by molar-refractivity contribution is -0.000926. The third-order valence-corrected chi connectivity index (χ3v) is 4.77. The van der Waals surface area contributed by atoms with Crippen molar-refractivity contribution >= 4 is 35.3 Å². The van der Waals surface area contributed by atoms with E-state index < -0.39 is 12.3 Å². The number of thiol groups is 1. The highest BCUT2D eigenvalue weighted by molar-refractivity contribution is 7.82. The van der Waals surface area contributed by atoms with Gasteiger partial charge in [-0.2, -0.15) is 0 Å². The number of rotatable bonds is 8. The number of nitrogens with zero attached hydrogens (tertiary/aromatic N) is 1. The molecule has 1 atom stereocenters. The average molecular weight is 397 g/mol. The second kappa shape index (κ2) is 9.37. The van der Waals surface area contributed by atoms with Crippen LogP contribution in [0.25, 0.3) is 10.8 Å². The van der Waals surface area contributed by atoms with Gasteiger partial charge in [-0.1, -0.05) is 68.6 Å². The lowest BCUT2D eigenvalue weighted by Gasteiger charge is -2.22. The van der Waals surface area contributed by atoms with E-state index in [1.807, 2.05) is 36.4 Å². The average Bonchev–Trinajstić information content (AvgIpc) is 2.72. The molecule has 0 fully saturated rings. The van der Waals surface area contributed by atoms with Crippen LogP contribution in [0.3, 0.4) is 0 Å². The number of carbonyl (C=O) groups excluding carboxylic acids is 1. The summed E-state index contributed by atoms with van der Waals surface area (Å²) in [6.07, 6.45) is 2.28. The second-order valence-electron chi connectivity index (χ2n) is 6.43. The smallest absolute Gasteiger partial charge is 0.329 e. The number of carbonyl (C=O) groups is 1. The number of fused-ring (bicyclic) bond motifs is 1. The quantitative estimate of drug-likeness (QED) is 0.388. The van der Waals surface area contributed by atoms with Crippen molar-refractivity contribution in [2.24, 2.45) is 5.73 Å². The fourth-order valence-electron chi connectivity index (χ4n) is 2.92. The van der Waals surface area contributed by atoms with Crippen LogP contribution < -0.4 is 19.5 Å². The van der Waals surface area contributed by atoms with Crippen molar-refractivity contribution in [3.63, 3.8) is 0 Å².